The van der Waals surface area contributed by atoms with Crippen LogP contribution in [0.4, 0.5) is 0 Å². The van der Waals surface area contributed by atoms with E-state index in [-0.39, 0.29) is 5.75 Å². The van der Waals surface area contributed by atoms with Crippen LogP contribution in [0.2, 0.25) is 0 Å². The van der Waals surface area contributed by atoms with Crippen LogP contribution in [-0.2, 0) is 14.6 Å². The van der Waals surface area contributed by atoms with Gasteiger partial charge in [-0.1, -0.05) is 17.7 Å². The fourth-order valence-corrected chi connectivity index (χ4v) is 2.68. The van der Waals surface area contributed by atoms with Gasteiger partial charge in [-0.15, -0.1) is 0 Å². The highest BCUT2D eigenvalue weighted by molar-refractivity contribution is 7.92. The van der Waals surface area contributed by atoms with Gasteiger partial charge in [0.2, 0.25) is 0 Å². The lowest BCUT2D eigenvalue weighted by Crippen LogP contribution is -2.16. The van der Waals surface area contributed by atoms with Crippen LogP contribution in [0.1, 0.15) is 5.56 Å². The van der Waals surface area contributed by atoms with Crippen LogP contribution in [0.5, 0.6) is 0 Å². The Balaban J connectivity index is 2.21. The molecular formula is C11H13NO3S. The van der Waals surface area contributed by atoms with Crippen molar-refractivity contribution in [3.63, 3.8) is 0 Å². The van der Waals surface area contributed by atoms with Gasteiger partial charge in [-0.3, -0.25) is 4.99 Å². The van der Waals surface area contributed by atoms with E-state index in [1.807, 2.05) is 6.92 Å². The van der Waals surface area contributed by atoms with Crippen molar-refractivity contribution in [2.24, 2.45) is 4.99 Å². The average Bonchev–Trinajstić information content (AvgIpc) is 2.70. The first-order valence-electron chi connectivity index (χ1n) is 5.03. The van der Waals surface area contributed by atoms with Gasteiger partial charge >= 0.3 is 0 Å². The number of benzene rings is 1. The quantitative estimate of drug-likeness (QED) is 0.796. The Hall–Kier alpha value is -1.36. The molecule has 0 radical (unpaired) electrons. The molecule has 0 N–H and O–H groups in total. The minimum atomic E-state index is -3.32. The molecule has 1 heterocycles. The van der Waals surface area contributed by atoms with Crippen LogP contribution >= 0.6 is 0 Å². The SMILES string of the molecule is Cc1ccc(S(=O)(=O)CC2=NCCO2)cc1. The lowest BCUT2D eigenvalue weighted by Gasteiger charge is -2.04. The summed E-state index contributed by atoms with van der Waals surface area (Å²) in [5.41, 5.74) is 1.04. The molecule has 1 aromatic carbocycles. The minimum Gasteiger partial charge on any atom is -0.478 e. The lowest BCUT2D eigenvalue weighted by molar-refractivity contribution is 0.345. The molecule has 0 atom stereocenters. The molecule has 0 unspecified atom stereocenters. The van der Waals surface area contributed by atoms with Crippen molar-refractivity contribution < 1.29 is 13.2 Å². The fourth-order valence-electron chi connectivity index (χ4n) is 1.46. The number of nitrogens with zero attached hydrogens (tertiary/aromatic N) is 1. The van der Waals surface area contributed by atoms with Crippen molar-refractivity contribution in [3.05, 3.63) is 29.8 Å². The van der Waals surface area contributed by atoms with Crippen molar-refractivity contribution in [2.45, 2.75) is 11.8 Å². The highest BCUT2D eigenvalue weighted by Gasteiger charge is 2.20. The maximum atomic E-state index is 11.9. The third-order valence-electron chi connectivity index (χ3n) is 2.34. The van der Waals surface area contributed by atoms with Crippen molar-refractivity contribution in [3.8, 4) is 0 Å². The molecular weight excluding hydrogens is 226 g/mol. The number of hydrogen-bond acceptors (Lipinski definition) is 4. The maximum absolute atomic E-state index is 11.9. The largest absolute Gasteiger partial charge is 0.478 e. The second-order valence-corrected chi connectivity index (χ2v) is 5.69. The van der Waals surface area contributed by atoms with Crippen LogP contribution in [-0.4, -0.2) is 33.2 Å². The van der Waals surface area contributed by atoms with Crippen LogP contribution in [0.15, 0.2) is 34.2 Å². The second-order valence-electron chi connectivity index (χ2n) is 3.70. The van der Waals surface area contributed by atoms with E-state index < -0.39 is 9.84 Å². The van der Waals surface area contributed by atoms with Gasteiger partial charge in [-0.05, 0) is 19.1 Å². The molecule has 0 aromatic heterocycles. The van der Waals surface area contributed by atoms with Gasteiger partial charge in [0.25, 0.3) is 0 Å². The summed E-state index contributed by atoms with van der Waals surface area (Å²) in [4.78, 5) is 4.30. The standard InChI is InChI=1S/C11H13NO3S/c1-9-2-4-10(5-3-9)16(13,14)8-11-12-6-7-15-11/h2-5H,6-8H2,1H3. The lowest BCUT2D eigenvalue weighted by atomic mass is 10.2. The summed E-state index contributed by atoms with van der Waals surface area (Å²) in [5.74, 6) is 0.177. The molecule has 0 saturated heterocycles. The van der Waals surface area contributed by atoms with Gasteiger partial charge in [0.15, 0.2) is 15.7 Å². The van der Waals surface area contributed by atoms with E-state index in [1.54, 1.807) is 24.3 Å². The Kier molecular flexibility index (Phi) is 2.96. The number of ether oxygens (including phenoxy) is 1. The van der Waals surface area contributed by atoms with Gasteiger partial charge in [0.05, 0.1) is 11.4 Å². The summed E-state index contributed by atoms with van der Waals surface area (Å²) in [7, 11) is -3.32. The molecule has 1 aromatic rings. The van der Waals surface area contributed by atoms with E-state index >= 15 is 0 Å². The first-order chi connectivity index (χ1) is 7.58. The number of rotatable bonds is 3. The van der Waals surface area contributed by atoms with Gasteiger partial charge in [-0.2, -0.15) is 0 Å². The summed E-state index contributed by atoms with van der Waals surface area (Å²) in [6.45, 7) is 2.96. The molecule has 4 nitrogen and oxygen atoms in total. The number of hydrogen-bond donors (Lipinski definition) is 0. The first kappa shape index (κ1) is 11.1. The molecule has 0 aliphatic carbocycles. The molecule has 0 bridgehead atoms. The smallest absolute Gasteiger partial charge is 0.199 e. The zero-order valence-corrected chi connectivity index (χ0v) is 9.83. The van der Waals surface area contributed by atoms with Crippen molar-refractivity contribution in [2.75, 3.05) is 18.9 Å². The number of aliphatic imine (C=N–C) groups is 1. The summed E-state index contributed by atoms with van der Waals surface area (Å²) in [5, 5.41) is 0. The van der Waals surface area contributed by atoms with Crippen molar-refractivity contribution >= 4 is 15.7 Å². The molecule has 0 saturated carbocycles. The normalized spacial score (nSPS) is 15.7. The third kappa shape index (κ3) is 2.41. The molecule has 5 heteroatoms. The zero-order valence-electron chi connectivity index (χ0n) is 9.01. The van der Waals surface area contributed by atoms with Crippen LogP contribution in [0.3, 0.4) is 0 Å². The molecule has 0 spiro atoms. The molecule has 0 fully saturated rings. The molecule has 1 aliphatic rings. The monoisotopic (exact) mass is 239 g/mol. The molecule has 16 heavy (non-hydrogen) atoms. The van der Waals surface area contributed by atoms with E-state index in [2.05, 4.69) is 4.99 Å². The predicted molar refractivity (Wildman–Crippen MR) is 61.5 cm³/mol. The summed E-state index contributed by atoms with van der Waals surface area (Å²) >= 11 is 0. The predicted octanol–water partition coefficient (Wildman–Crippen LogP) is 1.20. The summed E-state index contributed by atoms with van der Waals surface area (Å²) < 4.78 is 29.0. The van der Waals surface area contributed by atoms with Crippen molar-refractivity contribution in [1.29, 1.82) is 0 Å². The topological polar surface area (TPSA) is 55.7 Å². The van der Waals surface area contributed by atoms with Gasteiger partial charge < -0.3 is 4.74 Å². The van der Waals surface area contributed by atoms with E-state index in [1.165, 1.54) is 0 Å². The molecule has 86 valence electrons. The van der Waals surface area contributed by atoms with E-state index in [4.69, 9.17) is 4.74 Å². The maximum Gasteiger partial charge on any atom is 0.199 e. The Morgan fingerprint density at radius 1 is 1.31 bits per heavy atom. The van der Waals surface area contributed by atoms with Gasteiger partial charge in [0, 0.05) is 0 Å². The van der Waals surface area contributed by atoms with Crippen LogP contribution < -0.4 is 0 Å². The number of aryl methyl sites for hydroxylation is 1. The van der Waals surface area contributed by atoms with Crippen molar-refractivity contribution in [1.82, 2.24) is 0 Å². The zero-order chi connectivity index (χ0) is 11.6. The molecule has 1 aliphatic heterocycles. The Bertz CT molecular complexity index is 503. The minimum absolute atomic E-state index is 0.143. The summed E-state index contributed by atoms with van der Waals surface area (Å²) in [6.07, 6.45) is 0. The van der Waals surface area contributed by atoms with Gasteiger partial charge in [0.1, 0.15) is 12.4 Å². The van der Waals surface area contributed by atoms with Crippen LogP contribution in [0, 0.1) is 6.92 Å². The van der Waals surface area contributed by atoms with Gasteiger partial charge in [-0.25, -0.2) is 8.42 Å². The third-order valence-corrected chi connectivity index (χ3v) is 3.96. The number of sulfone groups is 1. The average molecular weight is 239 g/mol. The van der Waals surface area contributed by atoms with Crippen LogP contribution in [0.25, 0.3) is 0 Å². The first-order valence-corrected chi connectivity index (χ1v) is 6.69. The highest BCUT2D eigenvalue weighted by Crippen LogP contribution is 2.13. The highest BCUT2D eigenvalue weighted by atomic mass is 32.2. The van der Waals surface area contributed by atoms with E-state index in [0.717, 1.165) is 5.56 Å². The molecule has 2 rings (SSSR count). The Morgan fingerprint density at radius 2 is 2.00 bits per heavy atom. The Morgan fingerprint density at radius 3 is 2.56 bits per heavy atom. The summed E-state index contributed by atoms with van der Waals surface area (Å²) in [6, 6.07) is 6.79. The fraction of sp³-hybridized carbons (Fsp3) is 0.364. The Labute approximate surface area is 94.9 Å². The van der Waals surface area contributed by atoms with E-state index in [0.29, 0.717) is 23.9 Å². The second kappa shape index (κ2) is 4.25. The van der Waals surface area contributed by atoms with E-state index in [9.17, 15) is 8.42 Å². The molecule has 0 amide bonds.